The van der Waals surface area contributed by atoms with Crippen molar-refractivity contribution in [1.82, 2.24) is 18.3 Å². The first kappa shape index (κ1) is 58.1. The molecule has 20 aromatic rings. The van der Waals surface area contributed by atoms with Crippen LogP contribution < -0.4 is 0 Å². The maximum atomic E-state index is 2.43. The van der Waals surface area contributed by atoms with Crippen molar-refractivity contribution < 1.29 is 0 Å². The van der Waals surface area contributed by atoms with Gasteiger partial charge in [-0.3, -0.25) is 0 Å². The number of para-hydroxylation sites is 9. The van der Waals surface area contributed by atoms with Crippen LogP contribution in [0.3, 0.4) is 0 Å². The van der Waals surface area contributed by atoms with Gasteiger partial charge in [0, 0.05) is 71.2 Å². The molecule has 0 aliphatic heterocycles. The molecule has 16 aromatic carbocycles. The second-order valence-electron chi connectivity index (χ2n) is 25.9. The maximum absolute atomic E-state index is 2.43. The molecule has 0 aliphatic rings. The van der Waals surface area contributed by atoms with Gasteiger partial charge in [-0.05, 0) is 141 Å². The van der Waals surface area contributed by atoms with E-state index in [-0.39, 0.29) is 0 Å². The number of rotatable bonds is 10. The molecule has 0 saturated carbocycles. The standard InChI is InChI=1S/2C48H32N2/c1-3-14-33(15-4-1)36-30-31-47-43(32-36)41-20-9-12-25-46(41)50(47)44-23-10-7-18-38(44)34-26-28-35(29-27-34)39-21-13-22-42-40-19-8-11-24-45(40)49(48(39)42)37-16-5-2-6-17-37;1-3-13-33(14-4-1)36-28-30-47-43(31-36)41-19-9-12-22-46(41)50(47)44-20-10-7-17-39(44)35-25-23-34(24-26-35)37-27-29-42-40-18-8-11-21-45(40)49(48(42)32-37)38-15-5-2-6-16-38/h2*1-32H. The van der Waals surface area contributed by atoms with Crippen LogP contribution in [0.25, 0.3) is 177 Å². The molecule has 0 unspecified atom stereocenters. The molecule has 0 saturated heterocycles. The summed E-state index contributed by atoms with van der Waals surface area (Å²) in [6.45, 7) is 0. The Morgan fingerprint density at radius 2 is 0.440 bits per heavy atom. The van der Waals surface area contributed by atoms with Gasteiger partial charge in [0.05, 0.1) is 55.5 Å². The molecule has 4 heterocycles. The summed E-state index contributed by atoms with van der Waals surface area (Å²) in [5.41, 5.74) is 28.9. The highest BCUT2D eigenvalue weighted by atomic mass is 15.0. The number of nitrogens with zero attached hydrogens (tertiary/aromatic N) is 4. The van der Waals surface area contributed by atoms with E-state index in [1.54, 1.807) is 0 Å². The van der Waals surface area contributed by atoms with Crippen LogP contribution in [-0.2, 0) is 0 Å². The summed E-state index contributed by atoms with van der Waals surface area (Å²) in [7, 11) is 0. The molecule has 0 amide bonds. The Hall–Kier alpha value is -13.3. The summed E-state index contributed by atoms with van der Waals surface area (Å²) in [5.74, 6) is 0. The zero-order valence-electron chi connectivity index (χ0n) is 54.7. The van der Waals surface area contributed by atoms with Gasteiger partial charge in [-0.25, -0.2) is 0 Å². The molecule has 468 valence electrons. The quantitative estimate of drug-likeness (QED) is 0.130. The Labute approximate surface area is 579 Å². The molecule has 4 heteroatoms. The highest BCUT2D eigenvalue weighted by Crippen LogP contribution is 2.44. The van der Waals surface area contributed by atoms with Gasteiger partial charge in [-0.1, -0.05) is 297 Å². The average molecular weight is 1270 g/mol. The smallest absolute Gasteiger partial charge is 0.0619 e. The van der Waals surface area contributed by atoms with Crippen molar-refractivity contribution in [2.75, 3.05) is 0 Å². The third-order valence-electron chi connectivity index (χ3n) is 20.3. The molecular weight excluding hydrogens is 1210 g/mol. The van der Waals surface area contributed by atoms with E-state index in [0.717, 1.165) is 0 Å². The van der Waals surface area contributed by atoms with Crippen LogP contribution in [-0.4, -0.2) is 18.3 Å². The Morgan fingerprint density at radius 3 is 0.940 bits per heavy atom. The van der Waals surface area contributed by atoms with Gasteiger partial charge in [0.25, 0.3) is 0 Å². The molecule has 4 nitrogen and oxygen atoms in total. The molecule has 0 aliphatic carbocycles. The van der Waals surface area contributed by atoms with Crippen molar-refractivity contribution in [3.05, 3.63) is 388 Å². The van der Waals surface area contributed by atoms with Crippen molar-refractivity contribution in [3.63, 3.8) is 0 Å². The number of hydrogen-bond donors (Lipinski definition) is 0. The van der Waals surface area contributed by atoms with E-state index in [9.17, 15) is 0 Å². The van der Waals surface area contributed by atoms with Crippen LogP contribution in [0.1, 0.15) is 0 Å². The fourth-order valence-electron chi connectivity index (χ4n) is 15.7. The van der Waals surface area contributed by atoms with E-state index in [1.165, 1.54) is 177 Å². The molecule has 4 aromatic heterocycles. The SMILES string of the molecule is c1ccc(-c2ccc3c(c2)c2ccccc2n3-c2ccccc2-c2ccc(-c3ccc4c5ccccc5n(-c5ccccc5)c4c3)cc2)cc1.c1ccc(-c2ccc3c(c2)c2ccccc2n3-c2ccccc2-c2ccc(-c3cccc4c5ccccc5n(-c5ccccc5)c34)cc2)cc1. The summed E-state index contributed by atoms with van der Waals surface area (Å²) in [6, 6.07) is 141. The van der Waals surface area contributed by atoms with Crippen LogP contribution in [0, 0.1) is 0 Å². The van der Waals surface area contributed by atoms with Crippen LogP contribution in [0.2, 0.25) is 0 Å². The van der Waals surface area contributed by atoms with E-state index >= 15 is 0 Å². The topological polar surface area (TPSA) is 19.7 Å². The van der Waals surface area contributed by atoms with Crippen LogP contribution in [0.15, 0.2) is 388 Å². The minimum atomic E-state index is 1.17. The van der Waals surface area contributed by atoms with Gasteiger partial charge in [0.2, 0.25) is 0 Å². The van der Waals surface area contributed by atoms with Gasteiger partial charge < -0.3 is 18.3 Å². The Morgan fingerprint density at radius 1 is 0.140 bits per heavy atom. The van der Waals surface area contributed by atoms with Gasteiger partial charge in [0.1, 0.15) is 0 Å². The highest BCUT2D eigenvalue weighted by molar-refractivity contribution is 6.16. The minimum absolute atomic E-state index is 1.17. The molecule has 0 bridgehead atoms. The average Bonchev–Trinajstić information content (AvgIpc) is 1.63. The van der Waals surface area contributed by atoms with E-state index in [0.29, 0.717) is 0 Å². The Bertz CT molecular complexity index is 6470. The summed E-state index contributed by atoms with van der Waals surface area (Å²) in [5, 5.41) is 10.1. The summed E-state index contributed by atoms with van der Waals surface area (Å²) in [4.78, 5) is 0. The van der Waals surface area contributed by atoms with Gasteiger partial charge in [-0.15, -0.1) is 0 Å². The molecule has 100 heavy (non-hydrogen) atoms. The van der Waals surface area contributed by atoms with Crippen LogP contribution in [0.5, 0.6) is 0 Å². The lowest BCUT2D eigenvalue weighted by Gasteiger charge is -2.15. The van der Waals surface area contributed by atoms with E-state index < -0.39 is 0 Å². The summed E-state index contributed by atoms with van der Waals surface area (Å²) < 4.78 is 9.66. The normalized spacial score (nSPS) is 11.6. The van der Waals surface area contributed by atoms with Crippen LogP contribution in [0.4, 0.5) is 0 Å². The maximum Gasteiger partial charge on any atom is 0.0619 e. The molecule has 0 spiro atoms. The molecule has 0 radical (unpaired) electrons. The van der Waals surface area contributed by atoms with Gasteiger partial charge in [-0.2, -0.15) is 0 Å². The highest BCUT2D eigenvalue weighted by Gasteiger charge is 2.22. The molecule has 0 atom stereocenters. The lowest BCUT2D eigenvalue weighted by atomic mass is 9.97. The predicted molar refractivity (Wildman–Crippen MR) is 423 cm³/mol. The zero-order chi connectivity index (χ0) is 66.0. The van der Waals surface area contributed by atoms with Crippen LogP contribution >= 0.6 is 0 Å². The van der Waals surface area contributed by atoms with E-state index in [1.807, 2.05) is 0 Å². The monoisotopic (exact) mass is 1270 g/mol. The summed E-state index contributed by atoms with van der Waals surface area (Å²) >= 11 is 0. The molecule has 0 fully saturated rings. The van der Waals surface area contributed by atoms with Crippen molar-refractivity contribution in [2.45, 2.75) is 0 Å². The second-order valence-corrected chi connectivity index (χ2v) is 25.9. The third-order valence-corrected chi connectivity index (χ3v) is 20.3. The number of benzene rings is 16. The largest absolute Gasteiger partial charge is 0.309 e. The first-order chi connectivity index (χ1) is 49.6. The van der Waals surface area contributed by atoms with Crippen molar-refractivity contribution in [3.8, 4) is 89.5 Å². The van der Waals surface area contributed by atoms with Crippen molar-refractivity contribution >= 4 is 87.2 Å². The van der Waals surface area contributed by atoms with E-state index in [4.69, 9.17) is 0 Å². The van der Waals surface area contributed by atoms with E-state index in [2.05, 4.69) is 407 Å². The summed E-state index contributed by atoms with van der Waals surface area (Å²) in [6.07, 6.45) is 0. The molecule has 20 rings (SSSR count). The number of fused-ring (bicyclic) bond motifs is 12. The Kier molecular flexibility index (Phi) is 14.2. The number of aromatic nitrogens is 4. The minimum Gasteiger partial charge on any atom is -0.309 e. The fourth-order valence-corrected chi connectivity index (χ4v) is 15.7. The van der Waals surface area contributed by atoms with Crippen molar-refractivity contribution in [2.24, 2.45) is 0 Å². The lowest BCUT2D eigenvalue weighted by molar-refractivity contribution is 1.18. The Balaban J connectivity index is 0.000000139. The van der Waals surface area contributed by atoms with Gasteiger partial charge >= 0.3 is 0 Å². The zero-order valence-corrected chi connectivity index (χ0v) is 54.7. The fraction of sp³-hybridized carbons (Fsp3) is 0. The van der Waals surface area contributed by atoms with Gasteiger partial charge in [0.15, 0.2) is 0 Å². The first-order valence-corrected chi connectivity index (χ1v) is 34.4. The number of hydrogen-bond acceptors (Lipinski definition) is 0. The first-order valence-electron chi connectivity index (χ1n) is 34.4. The third kappa shape index (κ3) is 9.83. The predicted octanol–water partition coefficient (Wildman–Crippen LogP) is 25.8. The molecular formula is C96H64N4. The second kappa shape index (κ2) is 24.4. The lowest BCUT2D eigenvalue weighted by Crippen LogP contribution is -1.97. The van der Waals surface area contributed by atoms with Crippen molar-refractivity contribution in [1.29, 1.82) is 0 Å². The molecule has 0 N–H and O–H groups in total.